The standard InChI is InChI=1S/C12H20N2O3/c1-12(2,3)17-11(16)14-6-5-10(15)9(8-14)7-13-4/h7,13H,5-6,8H2,1-4H3/p+1. The molecule has 0 spiro atoms. The Morgan fingerprint density at radius 3 is 2.65 bits per heavy atom. The Kier molecular flexibility index (Phi) is 4.28. The molecule has 2 N–H and O–H groups in total. The molecule has 0 aromatic heterocycles. The molecule has 1 heterocycles. The molecule has 17 heavy (non-hydrogen) atoms. The minimum Gasteiger partial charge on any atom is -0.444 e. The fourth-order valence-corrected chi connectivity index (χ4v) is 1.60. The molecule has 5 heteroatoms. The van der Waals surface area contributed by atoms with Crippen LogP contribution in [0.15, 0.2) is 11.8 Å². The van der Waals surface area contributed by atoms with Gasteiger partial charge in [0.15, 0.2) is 5.78 Å². The third-order valence-corrected chi connectivity index (χ3v) is 2.35. The maximum absolute atomic E-state index is 11.8. The molecule has 1 amide bonds. The SMILES string of the molecule is C[NH2+]C=C1CN(C(=O)OC(C)(C)C)CCC1=O. The predicted molar refractivity (Wildman–Crippen MR) is 63.4 cm³/mol. The topological polar surface area (TPSA) is 63.2 Å². The smallest absolute Gasteiger partial charge is 0.410 e. The number of rotatable bonds is 1. The monoisotopic (exact) mass is 241 g/mol. The summed E-state index contributed by atoms with van der Waals surface area (Å²) in [6, 6.07) is 0. The summed E-state index contributed by atoms with van der Waals surface area (Å²) in [6.45, 7) is 6.27. The van der Waals surface area contributed by atoms with Crippen LogP contribution in [0.25, 0.3) is 0 Å². The van der Waals surface area contributed by atoms with Crippen molar-refractivity contribution in [1.29, 1.82) is 0 Å². The number of carbonyl (C=O) groups is 2. The number of nitrogens with two attached hydrogens (primary N) is 1. The van der Waals surface area contributed by atoms with Crippen LogP contribution >= 0.6 is 0 Å². The number of piperidine rings is 1. The van der Waals surface area contributed by atoms with Crippen LogP contribution in [0, 0.1) is 0 Å². The van der Waals surface area contributed by atoms with Crippen molar-refractivity contribution < 1.29 is 19.6 Å². The van der Waals surface area contributed by atoms with Gasteiger partial charge in [0.05, 0.1) is 19.2 Å². The number of amides is 1. The summed E-state index contributed by atoms with van der Waals surface area (Å²) in [7, 11) is 1.85. The summed E-state index contributed by atoms with van der Waals surface area (Å²) in [6.07, 6.45) is 1.78. The molecule has 1 saturated heterocycles. The fourth-order valence-electron chi connectivity index (χ4n) is 1.60. The first kappa shape index (κ1) is 13.7. The number of likely N-dealkylation sites (tertiary alicyclic amines) is 1. The molecule has 96 valence electrons. The number of ketones is 1. The Labute approximate surface area is 102 Å². The molecule has 0 saturated carbocycles. The van der Waals surface area contributed by atoms with Crippen molar-refractivity contribution in [3.63, 3.8) is 0 Å². The first-order valence-electron chi connectivity index (χ1n) is 5.83. The van der Waals surface area contributed by atoms with E-state index in [-0.39, 0.29) is 11.9 Å². The number of Topliss-reactive ketones (excluding diaryl/α,β-unsaturated/α-hetero) is 1. The molecule has 1 fully saturated rings. The van der Waals surface area contributed by atoms with Crippen LogP contribution in [-0.4, -0.2) is 42.5 Å². The molecule has 0 aliphatic carbocycles. The van der Waals surface area contributed by atoms with E-state index in [4.69, 9.17) is 4.74 Å². The van der Waals surface area contributed by atoms with Crippen molar-refractivity contribution >= 4 is 11.9 Å². The van der Waals surface area contributed by atoms with Gasteiger partial charge in [-0.1, -0.05) is 0 Å². The highest BCUT2D eigenvalue weighted by atomic mass is 16.6. The van der Waals surface area contributed by atoms with Crippen molar-refractivity contribution in [3.05, 3.63) is 11.8 Å². The number of hydrogen-bond donors (Lipinski definition) is 1. The van der Waals surface area contributed by atoms with Gasteiger partial charge >= 0.3 is 6.09 Å². The Hall–Kier alpha value is -1.36. The highest BCUT2D eigenvalue weighted by molar-refractivity contribution is 5.97. The number of nitrogens with zero attached hydrogens (tertiary/aromatic N) is 1. The second kappa shape index (κ2) is 5.31. The molecular formula is C12H21N2O3+. The highest BCUT2D eigenvalue weighted by Crippen LogP contribution is 2.15. The number of ether oxygens (including phenoxy) is 1. The molecule has 5 nitrogen and oxygen atoms in total. The van der Waals surface area contributed by atoms with Gasteiger partial charge in [-0.3, -0.25) is 4.79 Å². The highest BCUT2D eigenvalue weighted by Gasteiger charge is 2.29. The van der Waals surface area contributed by atoms with E-state index < -0.39 is 5.60 Å². The third-order valence-electron chi connectivity index (χ3n) is 2.35. The van der Waals surface area contributed by atoms with Crippen molar-refractivity contribution in [2.45, 2.75) is 32.8 Å². The summed E-state index contributed by atoms with van der Waals surface area (Å²) in [4.78, 5) is 25.0. The van der Waals surface area contributed by atoms with Crippen LogP contribution in [0.3, 0.4) is 0 Å². The summed E-state index contributed by atoms with van der Waals surface area (Å²) >= 11 is 0. The average molecular weight is 241 g/mol. The molecule has 0 radical (unpaired) electrons. The van der Waals surface area contributed by atoms with Gasteiger partial charge < -0.3 is 15.0 Å². The van der Waals surface area contributed by atoms with Crippen LogP contribution in [0.4, 0.5) is 4.79 Å². The number of quaternary nitrogens is 1. The normalized spacial score (nSPS) is 19.6. The zero-order chi connectivity index (χ0) is 13.1. The van der Waals surface area contributed by atoms with Crippen molar-refractivity contribution in [3.8, 4) is 0 Å². The largest absolute Gasteiger partial charge is 0.444 e. The predicted octanol–water partition coefficient (Wildman–Crippen LogP) is 0.273. The minimum absolute atomic E-state index is 0.114. The first-order chi connectivity index (χ1) is 7.83. The van der Waals surface area contributed by atoms with Crippen molar-refractivity contribution in [2.75, 3.05) is 20.1 Å². The lowest BCUT2D eigenvalue weighted by atomic mass is 10.0. The Balaban J connectivity index is 2.65. The molecule has 0 aromatic carbocycles. The second-order valence-electron chi connectivity index (χ2n) is 5.10. The lowest BCUT2D eigenvalue weighted by Crippen LogP contribution is -2.73. The quantitative estimate of drug-likeness (QED) is 0.670. The number of carbonyl (C=O) groups excluding carboxylic acids is 2. The van der Waals surface area contributed by atoms with E-state index in [9.17, 15) is 9.59 Å². The molecule has 0 atom stereocenters. The molecule has 1 rings (SSSR count). The first-order valence-corrected chi connectivity index (χ1v) is 5.83. The summed E-state index contributed by atoms with van der Waals surface area (Å²) in [5.74, 6) is 0.114. The van der Waals surface area contributed by atoms with Gasteiger partial charge in [-0.2, -0.15) is 0 Å². The van der Waals surface area contributed by atoms with Crippen LogP contribution < -0.4 is 5.32 Å². The van der Waals surface area contributed by atoms with E-state index in [1.54, 1.807) is 11.1 Å². The molecule has 1 aliphatic heterocycles. The fraction of sp³-hybridized carbons (Fsp3) is 0.667. The van der Waals surface area contributed by atoms with Gasteiger partial charge in [-0.15, -0.1) is 0 Å². The molecule has 0 aromatic rings. The van der Waals surface area contributed by atoms with Gasteiger partial charge in [0.1, 0.15) is 11.8 Å². The zero-order valence-corrected chi connectivity index (χ0v) is 10.9. The Bertz CT molecular complexity index is 342. The molecule has 1 aliphatic rings. The van der Waals surface area contributed by atoms with Gasteiger partial charge in [0.2, 0.25) is 0 Å². The van der Waals surface area contributed by atoms with E-state index in [0.717, 1.165) is 0 Å². The molecule has 0 bridgehead atoms. The van der Waals surface area contributed by atoms with Gasteiger partial charge in [-0.05, 0) is 20.8 Å². The van der Waals surface area contributed by atoms with Crippen molar-refractivity contribution in [1.82, 2.24) is 4.90 Å². The summed E-state index contributed by atoms with van der Waals surface area (Å²) in [5.41, 5.74) is 0.170. The van der Waals surface area contributed by atoms with Crippen LogP contribution in [0.1, 0.15) is 27.2 Å². The molecule has 0 unspecified atom stereocenters. The maximum atomic E-state index is 11.8. The lowest BCUT2D eigenvalue weighted by Gasteiger charge is -2.30. The van der Waals surface area contributed by atoms with Gasteiger partial charge in [-0.25, -0.2) is 4.79 Å². The summed E-state index contributed by atoms with van der Waals surface area (Å²) in [5, 5.41) is 1.81. The number of hydrogen-bond acceptors (Lipinski definition) is 3. The van der Waals surface area contributed by atoms with Gasteiger partial charge in [0.25, 0.3) is 0 Å². The van der Waals surface area contributed by atoms with E-state index >= 15 is 0 Å². The summed E-state index contributed by atoms with van der Waals surface area (Å²) < 4.78 is 5.28. The lowest BCUT2D eigenvalue weighted by molar-refractivity contribution is -0.557. The van der Waals surface area contributed by atoms with Crippen LogP contribution in [0.2, 0.25) is 0 Å². The Morgan fingerprint density at radius 1 is 1.47 bits per heavy atom. The van der Waals surface area contributed by atoms with E-state index in [0.29, 0.717) is 25.1 Å². The molecular weight excluding hydrogens is 220 g/mol. The van der Waals surface area contributed by atoms with E-state index in [1.807, 2.05) is 33.1 Å². The van der Waals surface area contributed by atoms with Crippen LogP contribution in [-0.2, 0) is 9.53 Å². The maximum Gasteiger partial charge on any atom is 0.410 e. The van der Waals surface area contributed by atoms with Crippen LogP contribution in [0.5, 0.6) is 0 Å². The zero-order valence-electron chi connectivity index (χ0n) is 10.9. The third kappa shape index (κ3) is 4.19. The van der Waals surface area contributed by atoms with Crippen molar-refractivity contribution in [2.24, 2.45) is 0 Å². The Morgan fingerprint density at radius 2 is 2.12 bits per heavy atom. The second-order valence-corrected chi connectivity index (χ2v) is 5.10. The van der Waals surface area contributed by atoms with E-state index in [1.165, 1.54) is 0 Å². The van der Waals surface area contributed by atoms with E-state index in [2.05, 4.69) is 0 Å². The minimum atomic E-state index is -0.501. The average Bonchev–Trinajstić information content (AvgIpc) is 2.19. The van der Waals surface area contributed by atoms with Gasteiger partial charge in [0, 0.05) is 13.0 Å².